The van der Waals surface area contributed by atoms with Crippen molar-refractivity contribution in [2.45, 2.75) is 62.9 Å². The second-order valence-corrected chi connectivity index (χ2v) is 11.2. The van der Waals surface area contributed by atoms with Gasteiger partial charge in [0.1, 0.15) is 17.8 Å². The molecule has 3 aromatic heterocycles. The number of aliphatic hydroxyl groups is 2. The zero-order chi connectivity index (χ0) is 28.7. The number of halogens is 1. The number of ether oxygens (including phenoxy) is 2. The number of thiazole rings is 1. The van der Waals surface area contributed by atoms with Crippen molar-refractivity contribution in [3.8, 4) is 0 Å². The van der Waals surface area contributed by atoms with Gasteiger partial charge in [-0.15, -0.1) is 11.3 Å². The van der Waals surface area contributed by atoms with Crippen molar-refractivity contribution < 1.29 is 29.6 Å². The van der Waals surface area contributed by atoms with Crippen molar-refractivity contribution in [1.29, 1.82) is 0 Å². The molecule has 1 fully saturated rings. The first-order valence-electron chi connectivity index (χ1n) is 12.6. The molecule has 4 N–H and O–H groups in total. The third kappa shape index (κ3) is 5.16. The van der Waals surface area contributed by atoms with Gasteiger partial charge in [0.15, 0.2) is 23.2 Å². The minimum absolute atomic E-state index is 0.0129. The molecule has 1 aliphatic heterocycles. The number of imidazole rings is 1. The van der Waals surface area contributed by atoms with Crippen LogP contribution in [0.2, 0.25) is 5.28 Å². The molecule has 0 saturated carbocycles. The lowest BCUT2D eigenvalue weighted by Crippen LogP contribution is -2.49. The maximum Gasteiger partial charge on any atom is 0.342 e. The van der Waals surface area contributed by atoms with Gasteiger partial charge in [0, 0.05) is 17.8 Å². The van der Waals surface area contributed by atoms with E-state index in [1.165, 1.54) is 34.7 Å². The van der Waals surface area contributed by atoms with E-state index in [0.29, 0.717) is 11.3 Å². The van der Waals surface area contributed by atoms with E-state index in [1.807, 2.05) is 32.0 Å². The monoisotopic (exact) mass is 588 g/mol. The Hall–Kier alpha value is -3.20. The van der Waals surface area contributed by atoms with Gasteiger partial charge in [-0.2, -0.15) is 9.97 Å². The molecule has 1 saturated heterocycles. The number of fused-ring (bicyclic) bond motifs is 1. The summed E-state index contributed by atoms with van der Waals surface area (Å²) >= 11 is 7.42. The molecule has 0 amide bonds. The van der Waals surface area contributed by atoms with Crippen LogP contribution in [0.25, 0.3) is 11.2 Å². The smallest absolute Gasteiger partial charge is 0.342 e. The molecule has 5 rings (SSSR count). The fourth-order valence-corrected chi connectivity index (χ4v) is 5.49. The molecule has 12 nitrogen and oxygen atoms in total. The number of nitrogens with one attached hydrogen (secondary N) is 1. The number of nitrogens with zero attached hydrogens (tertiary/aromatic N) is 5. The summed E-state index contributed by atoms with van der Waals surface area (Å²) < 4.78 is 13.7. The lowest BCUT2D eigenvalue weighted by atomic mass is 9.90. The number of aliphatic hydroxyl groups excluding tert-OH is 1. The number of benzene rings is 1. The summed E-state index contributed by atoms with van der Waals surface area (Å²) in [6.45, 7) is 4.91. The molecule has 14 heteroatoms. The summed E-state index contributed by atoms with van der Waals surface area (Å²) in [7, 11) is 0. The number of aliphatic carboxylic acids is 1. The first-order valence-corrected chi connectivity index (χ1v) is 13.9. The van der Waals surface area contributed by atoms with Crippen LogP contribution >= 0.6 is 22.9 Å². The Kier molecular flexibility index (Phi) is 7.79. The lowest BCUT2D eigenvalue weighted by molar-refractivity contribution is -0.180. The number of carboxylic acid groups (broad SMARTS) is 1. The number of carboxylic acids is 1. The molecule has 4 heterocycles. The number of rotatable bonds is 10. The van der Waals surface area contributed by atoms with Crippen molar-refractivity contribution in [3.63, 3.8) is 0 Å². The number of aromatic nitrogens is 5. The molecule has 5 atom stereocenters. The highest BCUT2D eigenvalue weighted by molar-refractivity contribution is 7.07. The predicted molar refractivity (Wildman–Crippen MR) is 147 cm³/mol. The molecule has 1 aliphatic rings. The summed E-state index contributed by atoms with van der Waals surface area (Å²) in [5.74, 6) is -0.826. The molecule has 40 heavy (non-hydrogen) atoms. The minimum atomic E-state index is -1.86. The minimum Gasteiger partial charge on any atom is -0.479 e. The van der Waals surface area contributed by atoms with Crippen LogP contribution in [0.15, 0.2) is 47.5 Å². The second-order valence-electron chi connectivity index (χ2n) is 10.1. The Morgan fingerprint density at radius 2 is 2.05 bits per heavy atom. The SMILES string of the molecule is CC(C)Nc1nc(Cl)nc2c1ncn2[C@@H]1O[C@H](CO[C@@](Cc2ccccc2)(C(=O)O)c2cscn2)[C@@](C)(O)[C@H]1O. The average molecular weight is 589 g/mol. The Balaban J connectivity index is 1.45. The highest BCUT2D eigenvalue weighted by atomic mass is 35.5. The number of anilines is 1. The molecule has 1 aromatic carbocycles. The van der Waals surface area contributed by atoms with Crippen molar-refractivity contribution in [2.24, 2.45) is 0 Å². The Labute approximate surface area is 238 Å². The fourth-order valence-electron chi connectivity index (χ4n) is 4.71. The van der Waals surface area contributed by atoms with Crippen molar-refractivity contribution in [1.82, 2.24) is 24.5 Å². The molecule has 0 bridgehead atoms. The quantitative estimate of drug-likeness (QED) is 0.201. The van der Waals surface area contributed by atoms with Crippen LogP contribution in [0.5, 0.6) is 0 Å². The van der Waals surface area contributed by atoms with E-state index in [1.54, 1.807) is 17.5 Å². The zero-order valence-electron chi connectivity index (χ0n) is 21.9. The van der Waals surface area contributed by atoms with Crippen molar-refractivity contribution in [2.75, 3.05) is 11.9 Å². The van der Waals surface area contributed by atoms with E-state index >= 15 is 0 Å². The van der Waals surface area contributed by atoms with Gasteiger partial charge in [0.2, 0.25) is 10.9 Å². The zero-order valence-corrected chi connectivity index (χ0v) is 23.5. The van der Waals surface area contributed by atoms with Gasteiger partial charge >= 0.3 is 5.97 Å². The van der Waals surface area contributed by atoms with Crippen LogP contribution in [0, 0.1) is 0 Å². The highest BCUT2D eigenvalue weighted by Gasteiger charge is 2.55. The van der Waals surface area contributed by atoms with E-state index in [2.05, 4.69) is 25.3 Å². The van der Waals surface area contributed by atoms with Crippen molar-refractivity contribution >= 4 is 45.9 Å². The molecule has 0 unspecified atom stereocenters. The molecular weight excluding hydrogens is 560 g/mol. The van der Waals surface area contributed by atoms with E-state index in [-0.39, 0.29) is 35.7 Å². The van der Waals surface area contributed by atoms with Crippen molar-refractivity contribution in [3.05, 3.63) is 64.1 Å². The van der Waals surface area contributed by atoms with Gasteiger partial charge in [-0.1, -0.05) is 30.3 Å². The molecule has 0 spiro atoms. The van der Waals surface area contributed by atoms with Crippen LogP contribution in [0.4, 0.5) is 5.82 Å². The maximum absolute atomic E-state index is 12.7. The average Bonchev–Trinajstić information content (AvgIpc) is 3.62. The normalized spacial score (nSPS) is 24.4. The molecule has 212 valence electrons. The number of hydrogen-bond acceptors (Lipinski definition) is 11. The van der Waals surface area contributed by atoms with Crippen LogP contribution < -0.4 is 5.32 Å². The summed E-state index contributed by atoms with van der Waals surface area (Å²) in [5, 5.41) is 37.6. The topological polar surface area (TPSA) is 165 Å². The van der Waals surface area contributed by atoms with Gasteiger partial charge < -0.3 is 30.1 Å². The first kappa shape index (κ1) is 28.3. The van der Waals surface area contributed by atoms with Gasteiger partial charge in [-0.3, -0.25) is 4.57 Å². The molecular formula is C26H29ClN6O6S. The van der Waals surface area contributed by atoms with Crippen LogP contribution in [-0.4, -0.2) is 76.2 Å². The molecule has 0 radical (unpaired) electrons. The van der Waals surface area contributed by atoms with Crippen LogP contribution in [0.1, 0.15) is 38.3 Å². The lowest BCUT2D eigenvalue weighted by Gasteiger charge is -2.32. The van der Waals surface area contributed by atoms with Gasteiger partial charge in [-0.25, -0.2) is 14.8 Å². The van der Waals surface area contributed by atoms with Gasteiger partial charge in [0.05, 0.1) is 24.1 Å². The van der Waals surface area contributed by atoms with Crippen LogP contribution in [-0.2, 0) is 26.3 Å². The summed E-state index contributed by atoms with van der Waals surface area (Å²) in [6, 6.07) is 9.09. The van der Waals surface area contributed by atoms with E-state index < -0.39 is 35.6 Å². The third-order valence-electron chi connectivity index (χ3n) is 6.89. The standard InChI is InChI=1S/C26H29ClN6O6S/c1-14(2)30-20-18-21(32-24(27)31-20)33(12-28-18)22-19(34)25(3,37)17(39-22)10-38-26(23(35)36,16-11-40-13-29-16)9-15-7-5-4-6-8-15/h4-8,11-14,17,19,22,34,37H,9-10H2,1-3H3,(H,35,36)(H,30,31,32)/t17-,19+,22-,25-,26-/m1/s1. The number of carbonyl (C=O) groups is 1. The predicted octanol–water partition coefficient (Wildman–Crippen LogP) is 3.01. The Morgan fingerprint density at radius 1 is 1.30 bits per heavy atom. The fraction of sp³-hybridized carbons (Fsp3) is 0.423. The summed E-state index contributed by atoms with van der Waals surface area (Å²) in [4.78, 5) is 29.8. The number of hydrogen-bond donors (Lipinski definition) is 4. The largest absolute Gasteiger partial charge is 0.479 e. The summed E-state index contributed by atoms with van der Waals surface area (Å²) in [5.41, 5.74) is -0.508. The maximum atomic E-state index is 12.7. The Morgan fingerprint density at radius 3 is 2.70 bits per heavy atom. The highest BCUT2D eigenvalue weighted by Crippen LogP contribution is 2.40. The molecule has 0 aliphatic carbocycles. The van der Waals surface area contributed by atoms with Gasteiger partial charge in [-0.05, 0) is 37.9 Å². The summed E-state index contributed by atoms with van der Waals surface area (Å²) in [6.07, 6.45) is -2.29. The Bertz CT molecular complexity index is 1480. The second kappa shape index (κ2) is 11.0. The van der Waals surface area contributed by atoms with Gasteiger partial charge in [0.25, 0.3) is 0 Å². The van der Waals surface area contributed by atoms with E-state index in [4.69, 9.17) is 21.1 Å². The third-order valence-corrected chi connectivity index (χ3v) is 7.64. The first-order chi connectivity index (χ1) is 19.0. The van der Waals surface area contributed by atoms with Crippen LogP contribution in [0.3, 0.4) is 0 Å². The van der Waals surface area contributed by atoms with E-state index in [0.717, 1.165) is 5.56 Å². The molecule has 4 aromatic rings. The van der Waals surface area contributed by atoms with E-state index in [9.17, 15) is 20.1 Å².